The molecule has 2 saturated heterocycles. The molecule has 9 nitrogen and oxygen atoms in total. The van der Waals surface area contributed by atoms with Gasteiger partial charge >= 0.3 is 12.3 Å². The van der Waals surface area contributed by atoms with E-state index >= 15 is 0 Å². The summed E-state index contributed by atoms with van der Waals surface area (Å²) >= 11 is 0. The number of imidazole rings is 1. The van der Waals surface area contributed by atoms with E-state index in [1.807, 2.05) is 11.5 Å². The Labute approximate surface area is 190 Å². The number of aromatic nitrogens is 2. The first-order chi connectivity index (χ1) is 15.5. The zero-order valence-electron chi connectivity index (χ0n) is 19.1. The van der Waals surface area contributed by atoms with E-state index in [2.05, 4.69) is 14.6 Å². The summed E-state index contributed by atoms with van der Waals surface area (Å²) in [7, 11) is 1.71. The summed E-state index contributed by atoms with van der Waals surface area (Å²) in [6.45, 7) is 6.92. The molecule has 0 N–H and O–H groups in total. The average molecular weight is 473 g/mol. The molecule has 3 aliphatic rings. The van der Waals surface area contributed by atoms with Crippen molar-refractivity contribution in [3.05, 3.63) is 17.7 Å². The molecular weight excluding hydrogens is 443 g/mol. The molecule has 3 aliphatic heterocycles. The van der Waals surface area contributed by atoms with E-state index in [-0.39, 0.29) is 19.0 Å². The van der Waals surface area contributed by atoms with Gasteiger partial charge in [0, 0.05) is 45.0 Å². The molecule has 0 radical (unpaired) electrons. The molecular formula is C21H30F3N5O4. The highest BCUT2D eigenvalue weighted by Crippen LogP contribution is 2.30. The fraction of sp³-hybridized carbons (Fsp3) is 0.762. The van der Waals surface area contributed by atoms with Gasteiger partial charge in [-0.25, -0.2) is 9.78 Å². The highest BCUT2D eigenvalue weighted by molar-refractivity contribution is 5.92. The summed E-state index contributed by atoms with van der Waals surface area (Å²) in [5.41, 5.74) is -0.176. The van der Waals surface area contributed by atoms with Gasteiger partial charge in [0.15, 0.2) is 6.10 Å². The monoisotopic (exact) mass is 473 g/mol. The predicted octanol–water partition coefficient (Wildman–Crippen LogP) is 2.11. The number of alkyl halides is 3. The average Bonchev–Trinajstić information content (AvgIpc) is 3.14. The molecule has 1 aromatic rings. The van der Waals surface area contributed by atoms with Crippen molar-refractivity contribution >= 4 is 12.0 Å². The van der Waals surface area contributed by atoms with Gasteiger partial charge in [-0.2, -0.15) is 13.2 Å². The van der Waals surface area contributed by atoms with E-state index in [9.17, 15) is 22.8 Å². The van der Waals surface area contributed by atoms with Crippen LogP contribution in [0.3, 0.4) is 0 Å². The highest BCUT2D eigenvalue weighted by atomic mass is 19.4. The topological polar surface area (TPSA) is 80.1 Å². The second kappa shape index (κ2) is 8.79. The molecule has 1 unspecified atom stereocenters. The molecule has 0 bridgehead atoms. The van der Waals surface area contributed by atoms with Crippen LogP contribution in [0.15, 0.2) is 6.20 Å². The number of hydrogen-bond donors (Lipinski definition) is 0. The fourth-order valence-electron chi connectivity index (χ4n) is 4.34. The Balaban J connectivity index is 1.35. The molecule has 0 saturated carbocycles. The Morgan fingerprint density at radius 2 is 1.91 bits per heavy atom. The van der Waals surface area contributed by atoms with Gasteiger partial charge in [-0.05, 0) is 26.7 Å². The normalized spacial score (nSPS) is 22.3. The van der Waals surface area contributed by atoms with Crippen LogP contribution in [0.5, 0.6) is 0 Å². The minimum atomic E-state index is -4.60. The van der Waals surface area contributed by atoms with Gasteiger partial charge in [-0.1, -0.05) is 0 Å². The van der Waals surface area contributed by atoms with Crippen molar-refractivity contribution in [1.82, 2.24) is 24.3 Å². The standard InChI is InChI=1S/C21H30F3N5O4/c1-14(21(22,23)24)33-19(31)27-6-4-20(2,5-7-27)26(3)18(30)16-10-29-9-8-28(11-17(29)25-16)15-12-32-13-15/h10,14-15H,4-9,11-13H2,1-3H3. The van der Waals surface area contributed by atoms with Crippen LogP contribution in [0.4, 0.5) is 18.0 Å². The molecule has 2 fully saturated rings. The maximum absolute atomic E-state index is 13.2. The largest absolute Gasteiger partial charge is 0.437 e. The van der Waals surface area contributed by atoms with Crippen LogP contribution in [0.2, 0.25) is 0 Å². The number of hydrogen-bond acceptors (Lipinski definition) is 6. The maximum atomic E-state index is 13.2. The number of fused-ring (bicyclic) bond motifs is 1. The first-order valence-electron chi connectivity index (χ1n) is 11.2. The third-order valence-electron chi connectivity index (χ3n) is 7.14. The number of rotatable bonds is 4. The lowest BCUT2D eigenvalue weighted by Crippen LogP contribution is -2.55. The Morgan fingerprint density at radius 1 is 1.24 bits per heavy atom. The van der Waals surface area contributed by atoms with Crippen LogP contribution in [0.1, 0.15) is 43.0 Å². The SMILES string of the molecule is CC(OC(=O)N1CCC(C)(N(C)C(=O)c2cn3c(n2)CN(C2COC2)CC3)CC1)C(F)(F)F. The van der Waals surface area contributed by atoms with Crippen LogP contribution < -0.4 is 0 Å². The van der Waals surface area contributed by atoms with E-state index in [0.717, 1.165) is 39.1 Å². The molecule has 1 atom stereocenters. The Kier molecular flexibility index (Phi) is 6.34. The summed E-state index contributed by atoms with van der Waals surface area (Å²) in [4.78, 5) is 35.1. The fourth-order valence-corrected chi connectivity index (χ4v) is 4.34. The van der Waals surface area contributed by atoms with E-state index in [1.165, 1.54) is 4.90 Å². The van der Waals surface area contributed by atoms with Crippen LogP contribution in [0.25, 0.3) is 0 Å². The first-order valence-corrected chi connectivity index (χ1v) is 11.2. The molecule has 4 heterocycles. The Hall–Kier alpha value is -2.34. The molecule has 4 rings (SSSR count). The zero-order chi connectivity index (χ0) is 24.0. The lowest BCUT2D eigenvalue weighted by atomic mass is 9.88. The molecule has 2 amide bonds. The number of carbonyl (C=O) groups excluding carboxylic acids is 2. The third kappa shape index (κ3) is 4.81. The van der Waals surface area contributed by atoms with Crippen LogP contribution in [-0.4, -0.2) is 100 Å². The molecule has 33 heavy (non-hydrogen) atoms. The molecule has 0 aromatic carbocycles. The van der Waals surface area contributed by atoms with Crippen molar-refractivity contribution < 1.29 is 32.2 Å². The number of amides is 2. The first kappa shape index (κ1) is 23.8. The zero-order valence-corrected chi connectivity index (χ0v) is 19.1. The van der Waals surface area contributed by atoms with E-state index < -0.39 is 23.9 Å². The smallest absolute Gasteiger partial charge is 0.425 e. The van der Waals surface area contributed by atoms with Crippen LogP contribution in [0, 0.1) is 0 Å². The van der Waals surface area contributed by atoms with Gasteiger partial charge in [0.05, 0.1) is 25.8 Å². The van der Waals surface area contributed by atoms with Gasteiger partial charge in [0.2, 0.25) is 0 Å². The molecule has 1 aromatic heterocycles. The van der Waals surface area contributed by atoms with Crippen molar-refractivity contribution in [2.75, 3.05) is 39.9 Å². The Bertz CT molecular complexity index is 893. The lowest BCUT2D eigenvalue weighted by Gasteiger charge is -2.44. The summed E-state index contributed by atoms with van der Waals surface area (Å²) < 4.78 is 49.8. The van der Waals surface area contributed by atoms with E-state index in [0.29, 0.717) is 31.1 Å². The summed E-state index contributed by atoms with van der Waals surface area (Å²) in [5, 5.41) is 0. The minimum Gasteiger partial charge on any atom is -0.437 e. The number of piperidine rings is 1. The number of likely N-dealkylation sites (tertiary alicyclic amines) is 1. The van der Waals surface area contributed by atoms with Gasteiger partial charge in [0.25, 0.3) is 5.91 Å². The quantitative estimate of drug-likeness (QED) is 0.667. The van der Waals surface area contributed by atoms with Gasteiger partial charge in [-0.15, -0.1) is 0 Å². The second-order valence-corrected chi connectivity index (χ2v) is 9.31. The van der Waals surface area contributed by atoms with Crippen molar-refractivity contribution in [3.8, 4) is 0 Å². The van der Waals surface area contributed by atoms with Crippen molar-refractivity contribution in [1.29, 1.82) is 0 Å². The number of carbonyl (C=O) groups is 2. The number of halogens is 3. The highest BCUT2D eigenvalue weighted by Gasteiger charge is 2.42. The summed E-state index contributed by atoms with van der Waals surface area (Å²) in [5.74, 6) is 0.644. The van der Waals surface area contributed by atoms with Gasteiger partial charge in [-0.3, -0.25) is 9.69 Å². The summed E-state index contributed by atoms with van der Waals surface area (Å²) in [6.07, 6.45) is -5.11. The molecule has 184 valence electrons. The molecule has 12 heteroatoms. The summed E-state index contributed by atoms with van der Waals surface area (Å²) in [6, 6.07) is 0.409. The minimum absolute atomic E-state index is 0.204. The van der Waals surface area contributed by atoms with Crippen molar-refractivity contribution in [2.45, 2.75) is 63.6 Å². The van der Waals surface area contributed by atoms with Crippen LogP contribution in [-0.2, 0) is 22.6 Å². The maximum Gasteiger partial charge on any atom is 0.425 e. The lowest BCUT2D eigenvalue weighted by molar-refractivity contribution is -0.200. The molecule has 0 aliphatic carbocycles. The molecule has 0 spiro atoms. The third-order valence-corrected chi connectivity index (χ3v) is 7.14. The van der Waals surface area contributed by atoms with E-state index in [4.69, 9.17) is 4.74 Å². The Morgan fingerprint density at radius 3 is 2.48 bits per heavy atom. The van der Waals surface area contributed by atoms with Crippen molar-refractivity contribution in [2.24, 2.45) is 0 Å². The van der Waals surface area contributed by atoms with Crippen molar-refractivity contribution in [3.63, 3.8) is 0 Å². The second-order valence-electron chi connectivity index (χ2n) is 9.31. The van der Waals surface area contributed by atoms with Crippen LogP contribution >= 0.6 is 0 Å². The number of ether oxygens (including phenoxy) is 2. The predicted molar refractivity (Wildman–Crippen MR) is 111 cm³/mol. The van der Waals surface area contributed by atoms with Gasteiger partial charge < -0.3 is 23.8 Å². The van der Waals surface area contributed by atoms with Gasteiger partial charge in [0.1, 0.15) is 11.5 Å². The van der Waals surface area contributed by atoms with E-state index in [1.54, 1.807) is 18.1 Å². The number of nitrogens with zero attached hydrogens (tertiary/aromatic N) is 5.